The van der Waals surface area contributed by atoms with Crippen LogP contribution in [0.5, 0.6) is 0 Å². The summed E-state index contributed by atoms with van der Waals surface area (Å²) >= 11 is 13.4. The second-order valence-corrected chi connectivity index (χ2v) is 22.4. The third-order valence-electron chi connectivity index (χ3n) is 10.8. The van der Waals surface area contributed by atoms with Gasteiger partial charge in [0.25, 0.3) is 0 Å². The van der Waals surface area contributed by atoms with E-state index >= 15 is 0 Å². The highest BCUT2D eigenvalue weighted by molar-refractivity contribution is 9.11. The molecule has 306 valence electrons. The molecule has 0 unspecified atom stereocenters. The molecule has 2 nitrogen and oxygen atoms in total. The van der Waals surface area contributed by atoms with Crippen molar-refractivity contribution in [2.75, 3.05) is 0 Å². The van der Waals surface area contributed by atoms with Crippen molar-refractivity contribution < 1.29 is 9.53 Å². The SMILES string of the molecule is CCCCCCCCCCCCc1cc(Br)sc1-c1ccc(-c2ccc(-c3sc(-c4cc(COC(C)=O)c(C)s4)cc3CCCCCCCCCCCC)s2)s1. The molecule has 0 amide bonds. The standard InChI is InChI=1S/C48H65BrO2S5/c1-5-7-9-11-13-15-17-19-21-23-25-37-31-45(44-32-39(35(3)52-44)34-51-36(4)50)55-47(37)42-29-27-40(53-42)41-28-30-43(54-41)48-38(33-46(49)56-48)26-24-22-20-18-16-14-12-10-8-6-2/h27-33H,5-26,34H2,1-4H3. The Bertz CT molecular complexity index is 1870. The first-order valence-electron chi connectivity index (χ1n) is 21.7. The largest absolute Gasteiger partial charge is 0.461 e. The molecule has 0 aliphatic rings. The first kappa shape index (κ1) is 45.5. The Balaban J connectivity index is 1.23. The van der Waals surface area contributed by atoms with Crippen molar-refractivity contribution in [1.82, 2.24) is 0 Å². The quantitative estimate of drug-likeness (QED) is 0.0369. The minimum atomic E-state index is -0.228. The molecular weight excluding hydrogens is 849 g/mol. The fraction of sp³-hybridized carbons (Fsp3) is 0.562. The Hall–Kier alpha value is -1.55. The second-order valence-electron chi connectivity index (χ2n) is 15.5. The maximum absolute atomic E-state index is 11.5. The number of thiophene rings is 5. The van der Waals surface area contributed by atoms with Gasteiger partial charge < -0.3 is 4.74 Å². The van der Waals surface area contributed by atoms with Gasteiger partial charge in [-0.05, 0) is 102 Å². The molecule has 0 saturated heterocycles. The number of ether oxygens (including phenoxy) is 1. The van der Waals surface area contributed by atoms with Crippen LogP contribution in [-0.4, -0.2) is 5.97 Å². The fourth-order valence-corrected chi connectivity index (χ4v) is 13.9. The van der Waals surface area contributed by atoms with E-state index in [-0.39, 0.29) is 5.97 Å². The molecule has 5 aromatic heterocycles. The van der Waals surface area contributed by atoms with Gasteiger partial charge in [-0.2, -0.15) is 0 Å². The summed E-state index contributed by atoms with van der Waals surface area (Å²) in [5, 5.41) is 0. The molecule has 0 bridgehead atoms. The molecule has 56 heavy (non-hydrogen) atoms. The van der Waals surface area contributed by atoms with Gasteiger partial charge in [-0.3, -0.25) is 4.79 Å². The number of hydrogen-bond acceptors (Lipinski definition) is 7. The third kappa shape index (κ3) is 14.6. The number of unbranched alkanes of at least 4 members (excludes halogenated alkanes) is 18. The van der Waals surface area contributed by atoms with Crippen LogP contribution in [0.1, 0.15) is 171 Å². The van der Waals surface area contributed by atoms with Crippen molar-refractivity contribution in [3.8, 4) is 39.0 Å². The first-order chi connectivity index (χ1) is 27.4. The second kappa shape index (κ2) is 25.2. The molecule has 0 N–H and O–H groups in total. The van der Waals surface area contributed by atoms with Gasteiger partial charge in [-0.25, -0.2) is 0 Å². The highest BCUT2D eigenvalue weighted by Crippen LogP contribution is 2.48. The van der Waals surface area contributed by atoms with Gasteiger partial charge in [-0.15, -0.1) is 56.7 Å². The lowest BCUT2D eigenvalue weighted by atomic mass is 10.0. The molecular formula is C48H65BrO2S5. The highest BCUT2D eigenvalue weighted by atomic mass is 79.9. The normalized spacial score (nSPS) is 11.6. The average Bonchev–Trinajstić information content (AvgIpc) is 4.03. The highest BCUT2D eigenvalue weighted by Gasteiger charge is 2.19. The van der Waals surface area contributed by atoms with Gasteiger partial charge in [-0.1, -0.05) is 129 Å². The van der Waals surface area contributed by atoms with E-state index in [1.807, 2.05) is 56.7 Å². The Morgan fingerprint density at radius 3 is 1.41 bits per heavy atom. The van der Waals surface area contributed by atoms with Crippen LogP contribution < -0.4 is 0 Å². The van der Waals surface area contributed by atoms with Gasteiger partial charge in [0.15, 0.2) is 0 Å². The fourth-order valence-electron chi connectivity index (χ4n) is 7.49. The molecule has 0 spiro atoms. The smallest absolute Gasteiger partial charge is 0.302 e. The number of aryl methyl sites for hydroxylation is 3. The lowest BCUT2D eigenvalue weighted by Gasteiger charge is -2.04. The van der Waals surface area contributed by atoms with E-state index in [4.69, 9.17) is 4.74 Å². The zero-order valence-corrected chi connectivity index (χ0v) is 40.2. The van der Waals surface area contributed by atoms with Crippen molar-refractivity contribution in [3.05, 3.63) is 67.8 Å². The lowest BCUT2D eigenvalue weighted by molar-refractivity contribution is -0.142. The number of hydrogen-bond donors (Lipinski definition) is 0. The van der Waals surface area contributed by atoms with Crippen molar-refractivity contribution >= 4 is 78.6 Å². The molecule has 5 heterocycles. The zero-order chi connectivity index (χ0) is 39.5. The molecule has 0 aliphatic heterocycles. The summed E-state index contributed by atoms with van der Waals surface area (Å²) < 4.78 is 6.62. The molecule has 0 saturated carbocycles. The monoisotopic (exact) mass is 912 g/mol. The van der Waals surface area contributed by atoms with Crippen molar-refractivity contribution in [3.63, 3.8) is 0 Å². The minimum absolute atomic E-state index is 0.228. The maximum Gasteiger partial charge on any atom is 0.302 e. The topological polar surface area (TPSA) is 26.3 Å². The van der Waals surface area contributed by atoms with Crippen LogP contribution in [0, 0.1) is 6.92 Å². The van der Waals surface area contributed by atoms with Crippen LogP contribution >= 0.6 is 72.6 Å². The first-order valence-corrected chi connectivity index (χ1v) is 26.6. The number of carbonyl (C=O) groups excluding carboxylic acids is 1. The van der Waals surface area contributed by atoms with E-state index < -0.39 is 0 Å². The Labute approximate surface area is 367 Å². The predicted octanol–water partition coefficient (Wildman–Crippen LogP) is 18.7. The molecule has 0 aromatic carbocycles. The molecule has 0 radical (unpaired) electrons. The van der Waals surface area contributed by atoms with Crippen LogP contribution in [0.3, 0.4) is 0 Å². The Morgan fingerprint density at radius 1 is 0.500 bits per heavy atom. The van der Waals surface area contributed by atoms with E-state index in [9.17, 15) is 4.79 Å². The summed E-state index contributed by atoms with van der Waals surface area (Å²) in [6, 6.07) is 16.5. The predicted molar refractivity (Wildman–Crippen MR) is 257 cm³/mol. The van der Waals surface area contributed by atoms with Gasteiger partial charge in [0.2, 0.25) is 0 Å². The van der Waals surface area contributed by atoms with Gasteiger partial charge >= 0.3 is 5.97 Å². The lowest BCUT2D eigenvalue weighted by Crippen LogP contribution is -1.98. The molecule has 0 aliphatic carbocycles. The molecule has 8 heteroatoms. The Morgan fingerprint density at radius 2 is 0.911 bits per heavy atom. The maximum atomic E-state index is 11.5. The minimum Gasteiger partial charge on any atom is -0.461 e. The van der Waals surface area contributed by atoms with E-state index in [0.29, 0.717) is 6.61 Å². The average molecular weight is 914 g/mol. The molecule has 0 fully saturated rings. The zero-order valence-electron chi connectivity index (χ0n) is 34.5. The van der Waals surface area contributed by atoms with Gasteiger partial charge in [0.1, 0.15) is 6.61 Å². The summed E-state index contributed by atoms with van der Waals surface area (Å²) in [5.74, 6) is -0.228. The van der Waals surface area contributed by atoms with Gasteiger partial charge in [0, 0.05) is 56.4 Å². The summed E-state index contributed by atoms with van der Waals surface area (Å²) in [6.07, 6.45) is 29.6. The summed E-state index contributed by atoms with van der Waals surface area (Å²) in [7, 11) is 0. The van der Waals surface area contributed by atoms with E-state index in [1.165, 1.54) is 201 Å². The van der Waals surface area contributed by atoms with Crippen LogP contribution in [-0.2, 0) is 29.0 Å². The molecule has 5 rings (SSSR count). The number of carbonyl (C=O) groups is 1. The van der Waals surface area contributed by atoms with Crippen LogP contribution in [0.15, 0.2) is 46.3 Å². The van der Waals surface area contributed by atoms with Gasteiger partial charge in [0.05, 0.1) is 3.79 Å². The van der Waals surface area contributed by atoms with Crippen molar-refractivity contribution in [2.24, 2.45) is 0 Å². The third-order valence-corrected chi connectivity index (χ3v) is 17.7. The number of esters is 1. The van der Waals surface area contributed by atoms with Crippen LogP contribution in [0.25, 0.3) is 39.0 Å². The van der Waals surface area contributed by atoms with Crippen molar-refractivity contribution in [1.29, 1.82) is 0 Å². The van der Waals surface area contributed by atoms with Crippen LogP contribution in [0.4, 0.5) is 0 Å². The Kier molecular flexibility index (Phi) is 20.5. The van der Waals surface area contributed by atoms with E-state index in [2.05, 4.69) is 79.2 Å². The summed E-state index contributed by atoms with van der Waals surface area (Å²) in [5.41, 5.74) is 4.10. The summed E-state index contributed by atoms with van der Waals surface area (Å²) in [6.45, 7) is 8.57. The van der Waals surface area contributed by atoms with E-state index in [1.54, 1.807) is 0 Å². The van der Waals surface area contributed by atoms with E-state index in [0.717, 1.165) is 12.0 Å². The number of rotatable bonds is 28. The van der Waals surface area contributed by atoms with Crippen molar-refractivity contribution in [2.45, 2.75) is 176 Å². The molecule has 0 atom stereocenters. The van der Waals surface area contributed by atoms with Crippen LogP contribution in [0.2, 0.25) is 0 Å². The molecule has 5 aromatic rings. The number of halogens is 1. The summed E-state index contributed by atoms with van der Waals surface area (Å²) in [4.78, 5) is 23.7.